The molecule has 16 nitrogen and oxygen atoms in total. The van der Waals surface area contributed by atoms with Crippen LogP contribution in [0.5, 0.6) is 5.75 Å². The Morgan fingerprint density at radius 3 is 2.39 bits per heavy atom. The van der Waals surface area contributed by atoms with E-state index in [-0.39, 0.29) is 36.4 Å². The quantitative estimate of drug-likeness (QED) is 0.157. The summed E-state index contributed by atoms with van der Waals surface area (Å²) in [5, 5.41) is 10.9. The fourth-order valence-corrected chi connectivity index (χ4v) is 9.18. The summed E-state index contributed by atoms with van der Waals surface area (Å²) in [5.74, 6) is -1.16. The zero-order chi connectivity index (χ0) is 44.1. The van der Waals surface area contributed by atoms with Crippen molar-refractivity contribution in [1.29, 1.82) is 0 Å². The second kappa shape index (κ2) is 16.7. The number of hydrogen-bond acceptors (Lipinski definition) is 12. The van der Waals surface area contributed by atoms with Crippen LogP contribution in [-0.4, -0.2) is 106 Å². The van der Waals surface area contributed by atoms with Crippen molar-refractivity contribution in [3.05, 3.63) is 125 Å². The SMILES string of the molecule is COc1ccc(F)cc1C(=O)NCc1ccc(-c2nn(C3CN(c4ccc(CN5CCN(c6ccc7c(c6)CN([C@H]6CCC(=O)NC6=O)C7=O)CC5)cc4)C3)c3ncnc(N)c23)cc1. The van der Waals surface area contributed by atoms with E-state index >= 15 is 0 Å². The van der Waals surface area contributed by atoms with E-state index in [1.54, 1.807) is 4.90 Å². The number of halogens is 1. The van der Waals surface area contributed by atoms with Gasteiger partial charge in [0.2, 0.25) is 11.8 Å². The molecular formula is C47H46FN11O5. The van der Waals surface area contributed by atoms with Crippen molar-refractivity contribution < 1.29 is 28.3 Å². The van der Waals surface area contributed by atoms with Gasteiger partial charge in [-0.15, -0.1) is 0 Å². The molecule has 64 heavy (non-hydrogen) atoms. The van der Waals surface area contributed by atoms with Crippen molar-refractivity contribution in [3.8, 4) is 17.0 Å². The molecule has 0 aliphatic carbocycles. The van der Waals surface area contributed by atoms with Gasteiger partial charge in [-0.05, 0) is 71.6 Å². The topological polar surface area (TPSA) is 184 Å². The Morgan fingerprint density at radius 1 is 0.891 bits per heavy atom. The number of nitrogens with two attached hydrogens (primary N) is 1. The number of carbonyl (C=O) groups excluding carboxylic acids is 4. The van der Waals surface area contributed by atoms with Crippen LogP contribution in [0.2, 0.25) is 0 Å². The van der Waals surface area contributed by atoms with E-state index in [0.29, 0.717) is 46.8 Å². The molecule has 6 aromatic rings. The first-order chi connectivity index (χ1) is 31.1. The first kappa shape index (κ1) is 40.7. The van der Waals surface area contributed by atoms with Gasteiger partial charge < -0.3 is 30.5 Å². The van der Waals surface area contributed by atoms with E-state index < -0.39 is 23.7 Å². The number of fused-ring (bicyclic) bond motifs is 2. The first-order valence-corrected chi connectivity index (χ1v) is 21.4. The number of methoxy groups -OCH3 is 1. The summed E-state index contributed by atoms with van der Waals surface area (Å²) in [6.45, 7) is 6.47. The molecule has 17 heteroatoms. The van der Waals surface area contributed by atoms with Crippen LogP contribution in [0.3, 0.4) is 0 Å². The molecular weight excluding hydrogens is 818 g/mol. The van der Waals surface area contributed by atoms with E-state index in [4.69, 9.17) is 15.6 Å². The predicted molar refractivity (Wildman–Crippen MR) is 237 cm³/mol. The highest BCUT2D eigenvalue weighted by Crippen LogP contribution is 2.36. The number of nitrogen functional groups attached to an aromatic ring is 1. The molecule has 4 aromatic carbocycles. The number of nitrogens with zero attached hydrogens (tertiary/aromatic N) is 8. The maximum atomic E-state index is 13.8. The van der Waals surface area contributed by atoms with Crippen LogP contribution in [0.1, 0.15) is 56.3 Å². The molecule has 4 amide bonds. The van der Waals surface area contributed by atoms with Gasteiger partial charge in [0.15, 0.2) is 5.65 Å². The Labute approximate surface area is 367 Å². The van der Waals surface area contributed by atoms with Crippen molar-refractivity contribution in [3.63, 3.8) is 0 Å². The largest absolute Gasteiger partial charge is 0.496 e. The lowest BCUT2D eigenvalue weighted by Gasteiger charge is -2.41. The third-order valence-electron chi connectivity index (χ3n) is 12.8. The van der Waals surface area contributed by atoms with Gasteiger partial charge in [0, 0.05) is 87.8 Å². The minimum atomic E-state index is -0.619. The van der Waals surface area contributed by atoms with Crippen molar-refractivity contribution in [2.75, 3.05) is 61.9 Å². The third-order valence-corrected chi connectivity index (χ3v) is 12.8. The molecule has 4 aliphatic heterocycles. The fourth-order valence-electron chi connectivity index (χ4n) is 9.18. The van der Waals surface area contributed by atoms with Crippen molar-refractivity contribution in [2.24, 2.45) is 0 Å². The van der Waals surface area contributed by atoms with Crippen LogP contribution >= 0.6 is 0 Å². The normalized spacial score (nSPS) is 18.0. The average molecular weight is 864 g/mol. The Balaban J connectivity index is 0.730. The summed E-state index contributed by atoms with van der Waals surface area (Å²) in [6, 6.07) is 25.6. The first-order valence-electron chi connectivity index (χ1n) is 21.4. The van der Waals surface area contributed by atoms with E-state index in [2.05, 4.69) is 65.6 Å². The lowest BCUT2D eigenvalue weighted by Crippen LogP contribution is -2.52. The van der Waals surface area contributed by atoms with Crippen molar-refractivity contribution in [2.45, 2.75) is 44.6 Å². The molecule has 3 saturated heterocycles. The Bertz CT molecular complexity index is 2800. The highest BCUT2D eigenvalue weighted by atomic mass is 19.1. The van der Waals surface area contributed by atoms with Gasteiger partial charge in [-0.1, -0.05) is 36.4 Å². The number of piperazine rings is 1. The van der Waals surface area contributed by atoms with E-state index in [0.717, 1.165) is 79.9 Å². The van der Waals surface area contributed by atoms with E-state index in [1.807, 2.05) is 41.1 Å². The Morgan fingerprint density at radius 2 is 1.64 bits per heavy atom. The summed E-state index contributed by atoms with van der Waals surface area (Å²) in [6.07, 6.45) is 2.05. The third kappa shape index (κ3) is 7.71. The van der Waals surface area contributed by atoms with Crippen LogP contribution in [0.15, 0.2) is 91.3 Å². The summed E-state index contributed by atoms with van der Waals surface area (Å²) >= 11 is 0. The number of aromatic nitrogens is 4. The summed E-state index contributed by atoms with van der Waals surface area (Å²) in [7, 11) is 1.44. The standard InChI is InChI=1S/C47H46FN11O5/c1-64-39-14-8-32(48)21-37(39)45(61)50-22-28-2-6-30(7-3-28)42-41-43(49)51-27-52-44(41)59(54-42)35-25-57(26-35)33-9-4-29(5-10-33)23-55-16-18-56(19-17-55)34-11-12-36-31(20-34)24-58(47(36)63)38-13-15-40(60)53-46(38)62/h2-12,14,20-21,27,35,38H,13,15-19,22-26H2,1H3,(H,50,61)(H2,49,51,52)(H,53,60,62)/t38-/m0/s1. The molecule has 1 atom stereocenters. The number of nitrogens with one attached hydrogen (secondary N) is 2. The predicted octanol–water partition coefficient (Wildman–Crippen LogP) is 4.30. The van der Waals surface area contributed by atoms with Crippen molar-refractivity contribution >= 4 is 51.9 Å². The molecule has 0 bridgehead atoms. The molecule has 6 heterocycles. The molecule has 2 aromatic heterocycles. The fraction of sp³-hybridized carbons (Fsp3) is 0.298. The van der Waals surface area contributed by atoms with Crippen LogP contribution in [0.25, 0.3) is 22.3 Å². The molecule has 0 saturated carbocycles. The average Bonchev–Trinajstić information content (AvgIpc) is 3.84. The number of rotatable bonds is 11. The number of amides is 4. The number of carbonyl (C=O) groups is 4. The molecule has 4 aliphatic rings. The molecule has 4 N–H and O–H groups in total. The van der Waals surface area contributed by atoms with Gasteiger partial charge in [0.25, 0.3) is 11.8 Å². The highest BCUT2D eigenvalue weighted by molar-refractivity contribution is 6.05. The second-order valence-electron chi connectivity index (χ2n) is 16.7. The Kier molecular flexibility index (Phi) is 10.6. The lowest BCUT2D eigenvalue weighted by atomic mass is 10.0. The monoisotopic (exact) mass is 863 g/mol. The van der Waals surface area contributed by atoms with Gasteiger partial charge >= 0.3 is 0 Å². The van der Waals surface area contributed by atoms with Gasteiger partial charge in [-0.3, -0.25) is 29.4 Å². The van der Waals surface area contributed by atoms with Crippen LogP contribution in [0.4, 0.5) is 21.6 Å². The maximum Gasteiger partial charge on any atom is 0.255 e. The number of hydrogen-bond donors (Lipinski definition) is 3. The van der Waals surface area contributed by atoms with Gasteiger partial charge in [0.1, 0.15) is 35.4 Å². The summed E-state index contributed by atoms with van der Waals surface area (Å²) in [5.41, 5.74) is 14.6. The van der Waals surface area contributed by atoms with Crippen LogP contribution in [-0.2, 0) is 29.2 Å². The van der Waals surface area contributed by atoms with Crippen molar-refractivity contribution in [1.82, 2.24) is 40.2 Å². The maximum absolute atomic E-state index is 13.8. The number of piperidine rings is 1. The lowest BCUT2D eigenvalue weighted by molar-refractivity contribution is -0.136. The second-order valence-corrected chi connectivity index (χ2v) is 16.7. The van der Waals surface area contributed by atoms with E-state index in [1.165, 1.54) is 31.1 Å². The van der Waals surface area contributed by atoms with Gasteiger partial charge in [-0.2, -0.15) is 5.10 Å². The zero-order valence-electron chi connectivity index (χ0n) is 35.2. The summed E-state index contributed by atoms with van der Waals surface area (Å²) in [4.78, 5) is 67.7. The smallest absolute Gasteiger partial charge is 0.255 e. The minimum Gasteiger partial charge on any atom is -0.496 e. The van der Waals surface area contributed by atoms with E-state index in [9.17, 15) is 23.6 Å². The molecule has 0 spiro atoms. The van der Waals surface area contributed by atoms with Gasteiger partial charge in [0.05, 0.1) is 24.1 Å². The molecule has 0 unspecified atom stereocenters. The molecule has 0 radical (unpaired) electrons. The molecule has 10 rings (SSSR count). The molecule has 3 fully saturated rings. The minimum absolute atomic E-state index is 0.0752. The zero-order valence-corrected chi connectivity index (χ0v) is 35.2. The Hall–Kier alpha value is -7.40. The number of imide groups is 1. The van der Waals surface area contributed by atoms with Gasteiger partial charge in [-0.25, -0.2) is 19.0 Å². The number of anilines is 3. The van der Waals surface area contributed by atoms with Crippen LogP contribution < -0.4 is 30.9 Å². The number of ether oxygens (including phenoxy) is 1. The van der Waals surface area contributed by atoms with Crippen LogP contribution in [0, 0.1) is 5.82 Å². The molecule has 326 valence electrons. The number of benzene rings is 4. The highest BCUT2D eigenvalue weighted by Gasteiger charge is 2.39. The summed E-state index contributed by atoms with van der Waals surface area (Å²) < 4.78 is 21.0.